The molecule has 0 radical (unpaired) electrons. The zero-order chi connectivity index (χ0) is 14.0. The van der Waals surface area contributed by atoms with E-state index in [0.717, 1.165) is 16.7 Å². The Hall–Kier alpha value is -1.84. The number of benzene rings is 1. The number of hydrogen-bond donors (Lipinski definition) is 1. The zero-order valence-electron chi connectivity index (χ0n) is 11.9. The molecule has 19 heavy (non-hydrogen) atoms. The van der Waals surface area contributed by atoms with E-state index >= 15 is 0 Å². The Morgan fingerprint density at radius 3 is 2.79 bits per heavy atom. The van der Waals surface area contributed by atoms with Gasteiger partial charge < -0.3 is 9.73 Å². The number of aromatic nitrogens is 1. The minimum atomic E-state index is 0.0112. The van der Waals surface area contributed by atoms with Crippen molar-refractivity contribution in [2.75, 3.05) is 0 Å². The Kier molecular flexibility index (Phi) is 3.60. The summed E-state index contributed by atoms with van der Waals surface area (Å²) < 4.78 is 5.42. The predicted molar refractivity (Wildman–Crippen MR) is 74.7 cm³/mol. The van der Waals surface area contributed by atoms with Crippen molar-refractivity contribution in [1.82, 2.24) is 10.3 Å². The maximum absolute atomic E-state index is 11.8. The van der Waals surface area contributed by atoms with Crippen molar-refractivity contribution < 1.29 is 9.21 Å². The van der Waals surface area contributed by atoms with E-state index in [4.69, 9.17) is 4.42 Å². The predicted octanol–water partition coefficient (Wildman–Crippen LogP) is 3.19. The standard InChI is InChI=1S/C15H20N2O2/c1-10-17-12-7-11(5-6-13(12)19-10)9-16-14(18)8-15(2,3)4/h5-7H,8-9H2,1-4H3,(H,16,18). The van der Waals surface area contributed by atoms with Crippen molar-refractivity contribution in [2.24, 2.45) is 5.41 Å². The van der Waals surface area contributed by atoms with Crippen molar-refractivity contribution >= 4 is 17.0 Å². The number of aryl methyl sites for hydroxylation is 1. The summed E-state index contributed by atoms with van der Waals surface area (Å²) in [5.74, 6) is 0.729. The fourth-order valence-corrected chi connectivity index (χ4v) is 1.94. The molecule has 1 aromatic carbocycles. The van der Waals surface area contributed by atoms with Crippen LogP contribution < -0.4 is 5.32 Å². The number of nitrogens with one attached hydrogen (secondary N) is 1. The summed E-state index contributed by atoms with van der Waals surface area (Å²) in [5, 5.41) is 2.93. The van der Waals surface area contributed by atoms with Gasteiger partial charge in [0.15, 0.2) is 11.5 Å². The maximum atomic E-state index is 11.8. The Balaban J connectivity index is 1.99. The molecule has 1 N–H and O–H groups in total. The first-order chi connectivity index (χ1) is 8.83. The van der Waals surface area contributed by atoms with Gasteiger partial charge in [-0.15, -0.1) is 0 Å². The van der Waals surface area contributed by atoms with E-state index in [0.29, 0.717) is 18.9 Å². The molecule has 0 bridgehead atoms. The second-order valence-electron chi connectivity index (χ2n) is 6.05. The fraction of sp³-hybridized carbons (Fsp3) is 0.467. The Morgan fingerprint density at radius 1 is 1.37 bits per heavy atom. The van der Waals surface area contributed by atoms with E-state index in [1.54, 1.807) is 0 Å². The Labute approximate surface area is 113 Å². The lowest BCUT2D eigenvalue weighted by molar-refractivity contribution is -0.122. The number of carbonyl (C=O) groups is 1. The average Bonchev–Trinajstić information content (AvgIpc) is 2.63. The van der Waals surface area contributed by atoms with Gasteiger partial charge in [0.05, 0.1) is 0 Å². The van der Waals surface area contributed by atoms with Gasteiger partial charge in [0.1, 0.15) is 5.52 Å². The molecule has 0 fully saturated rings. The normalized spacial score (nSPS) is 11.8. The largest absolute Gasteiger partial charge is 0.441 e. The summed E-state index contributed by atoms with van der Waals surface area (Å²) in [6, 6.07) is 5.79. The molecule has 0 saturated carbocycles. The lowest BCUT2D eigenvalue weighted by Gasteiger charge is -2.17. The van der Waals surface area contributed by atoms with Gasteiger partial charge in [0.25, 0.3) is 0 Å². The van der Waals surface area contributed by atoms with Gasteiger partial charge in [-0.25, -0.2) is 4.98 Å². The minimum absolute atomic E-state index is 0.0112. The topological polar surface area (TPSA) is 55.1 Å². The number of oxazole rings is 1. The van der Waals surface area contributed by atoms with Gasteiger partial charge in [0, 0.05) is 19.9 Å². The van der Waals surface area contributed by atoms with Crippen LogP contribution in [0.4, 0.5) is 0 Å². The van der Waals surface area contributed by atoms with Gasteiger partial charge in [0.2, 0.25) is 5.91 Å². The number of fused-ring (bicyclic) bond motifs is 1. The number of hydrogen-bond acceptors (Lipinski definition) is 3. The average molecular weight is 260 g/mol. The Bertz CT molecular complexity index is 594. The summed E-state index contributed by atoms with van der Waals surface area (Å²) >= 11 is 0. The molecular formula is C15H20N2O2. The third-order valence-corrected chi connectivity index (χ3v) is 2.74. The third-order valence-electron chi connectivity index (χ3n) is 2.74. The highest BCUT2D eigenvalue weighted by Gasteiger charge is 2.15. The van der Waals surface area contributed by atoms with Gasteiger partial charge in [-0.2, -0.15) is 0 Å². The molecule has 1 heterocycles. The van der Waals surface area contributed by atoms with Gasteiger partial charge >= 0.3 is 0 Å². The molecule has 2 rings (SSSR count). The van der Waals surface area contributed by atoms with Gasteiger partial charge in [-0.3, -0.25) is 4.79 Å². The van der Waals surface area contributed by atoms with E-state index in [1.807, 2.05) is 25.1 Å². The van der Waals surface area contributed by atoms with Crippen LogP contribution in [0.25, 0.3) is 11.1 Å². The van der Waals surface area contributed by atoms with Crippen LogP contribution >= 0.6 is 0 Å². The SMILES string of the molecule is Cc1nc2cc(CNC(=O)CC(C)(C)C)ccc2o1. The summed E-state index contributed by atoms with van der Waals surface area (Å²) in [6.07, 6.45) is 0.526. The van der Waals surface area contributed by atoms with Crippen molar-refractivity contribution in [3.63, 3.8) is 0 Å². The van der Waals surface area contributed by atoms with Crippen molar-refractivity contribution in [2.45, 2.75) is 40.7 Å². The first-order valence-electron chi connectivity index (χ1n) is 6.46. The van der Waals surface area contributed by atoms with E-state index in [2.05, 4.69) is 31.1 Å². The molecule has 0 aliphatic heterocycles. The second kappa shape index (κ2) is 5.03. The first-order valence-corrected chi connectivity index (χ1v) is 6.46. The maximum Gasteiger partial charge on any atom is 0.220 e. The van der Waals surface area contributed by atoms with Crippen LogP contribution in [0.5, 0.6) is 0 Å². The molecule has 1 amide bonds. The summed E-state index contributed by atoms with van der Waals surface area (Å²) in [7, 11) is 0. The quantitative estimate of drug-likeness (QED) is 0.922. The van der Waals surface area contributed by atoms with Crippen LogP contribution in [-0.2, 0) is 11.3 Å². The van der Waals surface area contributed by atoms with Gasteiger partial charge in [-0.1, -0.05) is 26.8 Å². The van der Waals surface area contributed by atoms with E-state index in [-0.39, 0.29) is 11.3 Å². The van der Waals surface area contributed by atoms with Crippen molar-refractivity contribution in [3.8, 4) is 0 Å². The van der Waals surface area contributed by atoms with Crippen LogP contribution in [0.3, 0.4) is 0 Å². The van der Waals surface area contributed by atoms with Crippen LogP contribution in [0.1, 0.15) is 38.6 Å². The van der Waals surface area contributed by atoms with Crippen molar-refractivity contribution in [1.29, 1.82) is 0 Å². The molecule has 4 heteroatoms. The highest BCUT2D eigenvalue weighted by molar-refractivity contribution is 5.77. The van der Waals surface area contributed by atoms with Gasteiger partial charge in [-0.05, 0) is 23.1 Å². The number of nitrogens with zero attached hydrogens (tertiary/aromatic N) is 1. The number of amides is 1. The highest BCUT2D eigenvalue weighted by atomic mass is 16.3. The smallest absolute Gasteiger partial charge is 0.220 e. The lowest BCUT2D eigenvalue weighted by atomic mass is 9.92. The molecule has 1 aromatic heterocycles. The highest BCUT2D eigenvalue weighted by Crippen LogP contribution is 2.19. The number of rotatable bonds is 3. The second-order valence-corrected chi connectivity index (χ2v) is 6.05. The van der Waals surface area contributed by atoms with E-state index in [1.165, 1.54) is 0 Å². The van der Waals surface area contributed by atoms with Crippen LogP contribution in [0.2, 0.25) is 0 Å². The molecular weight excluding hydrogens is 240 g/mol. The summed E-state index contributed by atoms with van der Waals surface area (Å²) in [5.41, 5.74) is 2.66. The summed E-state index contributed by atoms with van der Waals surface area (Å²) in [6.45, 7) is 8.51. The molecule has 0 unspecified atom stereocenters. The Morgan fingerprint density at radius 2 is 2.11 bits per heavy atom. The van der Waals surface area contributed by atoms with Crippen LogP contribution in [-0.4, -0.2) is 10.9 Å². The molecule has 2 aromatic rings. The molecule has 102 valence electrons. The van der Waals surface area contributed by atoms with Crippen LogP contribution in [0.15, 0.2) is 22.6 Å². The monoisotopic (exact) mass is 260 g/mol. The van der Waals surface area contributed by atoms with Crippen molar-refractivity contribution in [3.05, 3.63) is 29.7 Å². The minimum Gasteiger partial charge on any atom is -0.441 e. The lowest BCUT2D eigenvalue weighted by Crippen LogP contribution is -2.27. The van der Waals surface area contributed by atoms with Crippen LogP contribution in [0, 0.1) is 12.3 Å². The molecule has 0 aliphatic rings. The van der Waals surface area contributed by atoms with E-state index < -0.39 is 0 Å². The molecule has 0 atom stereocenters. The first kappa shape index (κ1) is 13.6. The summed E-state index contributed by atoms with van der Waals surface area (Å²) in [4.78, 5) is 16.0. The zero-order valence-corrected chi connectivity index (χ0v) is 11.9. The molecule has 0 aliphatic carbocycles. The third kappa shape index (κ3) is 3.81. The number of carbonyl (C=O) groups excluding carboxylic acids is 1. The molecule has 4 nitrogen and oxygen atoms in total. The fourth-order valence-electron chi connectivity index (χ4n) is 1.94. The molecule has 0 spiro atoms. The van der Waals surface area contributed by atoms with E-state index in [9.17, 15) is 4.79 Å². The molecule has 0 saturated heterocycles.